The molecule has 2 aliphatic heterocycles. The van der Waals surface area contributed by atoms with Gasteiger partial charge >= 0.3 is 5.97 Å². The Morgan fingerprint density at radius 1 is 1.29 bits per heavy atom. The van der Waals surface area contributed by atoms with Gasteiger partial charge in [-0.05, 0) is 44.6 Å². The van der Waals surface area contributed by atoms with Crippen LogP contribution in [0.2, 0.25) is 0 Å². The minimum Gasteiger partial charge on any atom is -0.462 e. The van der Waals surface area contributed by atoms with E-state index in [9.17, 15) is 14.9 Å². The number of rotatable bonds is 4. The summed E-state index contributed by atoms with van der Waals surface area (Å²) in [5.41, 5.74) is 2.10. The predicted molar refractivity (Wildman–Crippen MR) is 118 cm³/mol. The molecule has 31 heavy (non-hydrogen) atoms. The van der Waals surface area contributed by atoms with E-state index < -0.39 is 22.0 Å². The first-order valence-electron chi connectivity index (χ1n) is 9.94. The van der Waals surface area contributed by atoms with Gasteiger partial charge in [-0.3, -0.25) is 10.1 Å². The van der Waals surface area contributed by atoms with Gasteiger partial charge < -0.3 is 14.4 Å². The van der Waals surface area contributed by atoms with Crippen LogP contribution in [0.25, 0.3) is 6.08 Å². The van der Waals surface area contributed by atoms with Crippen molar-refractivity contribution in [3.63, 3.8) is 0 Å². The fraction of sp³-hybridized carbons (Fsp3) is 0.292. The zero-order valence-corrected chi connectivity index (χ0v) is 18.0. The number of likely N-dealkylation sites (N-methyl/N-ethyl adjacent to an activating group) is 1. The molecule has 0 amide bonds. The normalized spacial score (nSPS) is 20.1. The molecule has 7 nitrogen and oxygen atoms in total. The second kappa shape index (κ2) is 6.97. The van der Waals surface area contributed by atoms with Crippen LogP contribution in [-0.4, -0.2) is 23.7 Å². The summed E-state index contributed by atoms with van der Waals surface area (Å²) in [6, 6.07) is 11.0. The number of esters is 1. The lowest BCUT2D eigenvalue weighted by atomic mass is 9.76. The average Bonchev–Trinajstić information content (AvgIpc) is 2.90. The summed E-state index contributed by atoms with van der Waals surface area (Å²) in [7, 11) is 1.97. The molecule has 0 fully saturated rings. The van der Waals surface area contributed by atoms with Crippen molar-refractivity contribution in [3.8, 4) is 5.75 Å². The number of nitro benzene ring substituents is 1. The summed E-state index contributed by atoms with van der Waals surface area (Å²) in [6.07, 6.45) is 3.79. The number of carbonyl (C=O) groups is 1. The number of hydrogen-bond acceptors (Lipinski definition) is 6. The first-order valence-corrected chi connectivity index (χ1v) is 9.94. The molecule has 1 spiro atoms. The van der Waals surface area contributed by atoms with Gasteiger partial charge in [0.2, 0.25) is 5.72 Å². The highest BCUT2D eigenvalue weighted by molar-refractivity contribution is 5.87. The van der Waals surface area contributed by atoms with Gasteiger partial charge in [0, 0.05) is 41.6 Å². The molecule has 1 atom stereocenters. The first-order chi connectivity index (χ1) is 14.6. The number of hydrogen-bond donors (Lipinski definition) is 0. The molecule has 0 aromatic heterocycles. The fourth-order valence-corrected chi connectivity index (χ4v) is 4.42. The molecule has 2 aromatic rings. The summed E-state index contributed by atoms with van der Waals surface area (Å²) in [6.45, 7) is 9.19. The van der Waals surface area contributed by atoms with Gasteiger partial charge in [0.25, 0.3) is 5.69 Å². The van der Waals surface area contributed by atoms with Crippen LogP contribution in [0.1, 0.15) is 37.5 Å². The van der Waals surface area contributed by atoms with Gasteiger partial charge in [0.05, 0.1) is 10.3 Å². The lowest BCUT2D eigenvalue weighted by Crippen LogP contribution is -2.58. The lowest BCUT2D eigenvalue weighted by Gasteiger charge is -2.46. The van der Waals surface area contributed by atoms with E-state index in [1.807, 2.05) is 37.4 Å². The molecule has 4 rings (SSSR count). The topological polar surface area (TPSA) is 81.9 Å². The molecule has 0 saturated heterocycles. The molecule has 0 unspecified atom stereocenters. The maximum Gasteiger partial charge on any atom is 0.333 e. The SMILES string of the molecule is C=C(C)C(=O)OCc1cc([N+](=O)[O-])cc2c1O[C@]1(C=C2)N(C)c2ccccc2C1(C)C. The van der Waals surface area contributed by atoms with E-state index in [2.05, 4.69) is 31.4 Å². The van der Waals surface area contributed by atoms with E-state index in [1.165, 1.54) is 12.1 Å². The largest absolute Gasteiger partial charge is 0.462 e. The Hall–Kier alpha value is -3.61. The Labute approximate surface area is 180 Å². The quantitative estimate of drug-likeness (QED) is 0.307. The van der Waals surface area contributed by atoms with Crippen LogP contribution in [0.4, 0.5) is 11.4 Å². The first kappa shape index (κ1) is 20.7. The maximum absolute atomic E-state index is 11.9. The van der Waals surface area contributed by atoms with Crippen LogP contribution in [0.5, 0.6) is 5.75 Å². The molecule has 160 valence electrons. The maximum atomic E-state index is 11.9. The van der Waals surface area contributed by atoms with Crippen molar-refractivity contribution in [2.24, 2.45) is 0 Å². The second-order valence-corrected chi connectivity index (χ2v) is 8.47. The van der Waals surface area contributed by atoms with Crippen LogP contribution in [-0.2, 0) is 21.6 Å². The summed E-state index contributed by atoms with van der Waals surface area (Å²) in [5, 5.41) is 11.4. The number of non-ortho nitro benzene ring substituents is 1. The van der Waals surface area contributed by atoms with Crippen molar-refractivity contribution in [3.05, 3.63) is 81.4 Å². The van der Waals surface area contributed by atoms with Crippen molar-refractivity contribution in [1.29, 1.82) is 0 Å². The highest BCUT2D eigenvalue weighted by Gasteiger charge is 2.57. The number of ether oxygens (including phenoxy) is 2. The number of nitro groups is 1. The van der Waals surface area contributed by atoms with Crippen molar-refractivity contribution in [2.75, 3.05) is 11.9 Å². The van der Waals surface area contributed by atoms with Crippen LogP contribution in [0, 0.1) is 10.1 Å². The summed E-state index contributed by atoms with van der Waals surface area (Å²) in [4.78, 5) is 25.0. The standard InChI is InChI=1S/C24H24N2O5/c1-15(2)22(27)30-14-17-13-18(26(28)29)12-16-10-11-24(31-21(16)17)23(3,4)19-8-6-7-9-20(19)25(24)5/h6-13H,1,14H2,2-5H3/t24-/m0/s1. The van der Waals surface area contributed by atoms with E-state index in [4.69, 9.17) is 9.47 Å². The van der Waals surface area contributed by atoms with Gasteiger partial charge in [-0.1, -0.05) is 24.8 Å². The van der Waals surface area contributed by atoms with Crippen molar-refractivity contribution >= 4 is 23.4 Å². The zero-order chi connectivity index (χ0) is 22.6. The molecule has 0 N–H and O–H groups in total. The van der Waals surface area contributed by atoms with E-state index in [1.54, 1.807) is 6.92 Å². The smallest absolute Gasteiger partial charge is 0.333 e. The number of anilines is 1. The Morgan fingerprint density at radius 2 is 2.00 bits per heavy atom. The predicted octanol–water partition coefficient (Wildman–Crippen LogP) is 4.74. The van der Waals surface area contributed by atoms with E-state index in [-0.39, 0.29) is 17.9 Å². The Kier molecular flexibility index (Phi) is 4.65. The third kappa shape index (κ3) is 3.00. The molecule has 7 heteroatoms. The molecule has 2 aromatic carbocycles. The zero-order valence-electron chi connectivity index (χ0n) is 18.0. The number of carbonyl (C=O) groups excluding carboxylic acids is 1. The van der Waals surface area contributed by atoms with E-state index >= 15 is 0 Å². The van der Waals surface area contributed by atoms with Crippen molar-refractivity contribution < 1.29 is 19.2 Å². The van der Waals surface area contributed by atoms with Crippen LogP contribution < -0.4 is 9.64 Å². The number of benzene rings is 2. The number of para-hydroxylation sites is 1. The van der Waals surface area contributed by atoms with Gasteiger partial charge in [0.15, 0.2) is 0 Å². The Morgan fingerprint density at radius 3 is 2.65 bits per heavy atom. The molecular weight excluding hydrogens is 396 g/mol. The average molecular weight is 420 g/mol. The van der Waals surface area contributed by atoms with Crippen LogP contribution in [0.15, 0.2) is 54.6 Å². The van der Waals surface area contributed by atoms with Crippen molar-refractivity contribution in [2.45, 2.75) is 38.5 Å². The number of nitrogens with zero attached hydrogens (tertiary/aromatic N) is 2. The lowest BCUT2D eigenvalue weighted by molar-refractivity contribution is -0.385. The van der Waals surface area contributed by atoms with E-state index in [0.717, 1.165) is 11.3 Å². The molecule has 2 heterocycles. The third-order valence-electron chi connectivity index (χ3n) is 6.18. The van der Waals surface area contributed by atoms with Crippen molar-refractivity contribution in [1.82, 2.24) is 0 Å². The van der Waals surface area contributed by atoms with E-state index in [0.29, 0.717) is 16.9 Å². The van der Waals surface area contributed by atoms with Gasteiger partial charge in [-0.15, -0.1) is 0 Å². The van der Waals surface area contributed by atoms with Gasteiger partial charge in [0.1, 0.15) is 12.4 Å². The molecule has 0 radical (unpaired) electrons. The van der Waals surface area contributed by atoms with Crippen LogP contribution in [0.3, 0.4) is 0 Å². The minimum atomic E-state index is -0.840. The molecule has 0 bridgehead atoms. The number of fused-ring (bicyclic) bond motifs is 2. The monoisotopic (exact) mass is 420 g/mol. The minimum absolute atomic E-state index is 0.0911. The summed E-state index contributed by atoms with van der Waals surface area (Å²) in [5.74, 6) is -0.0950. The highest BCUT2D eigenvalue weighted by atomic mass is 16.6. The summed E-state index contributed by atoms with van der Waals surface area (Å²) < 4.78 is 12.0. The van der Waals surface area contributed by atoms with Crippen LogP contribution >= 0.6 is 0 Å². The fourth-order valence-electron chi connectivity index (χ4n) is 4.42. The Bertz CT molecular complexity index is 1150. The molecule has 0 saturated carbocycles. The third-order valence-corrected chi connectivity index (χ3v) is 6.18. The highest BCUT2D eigenvalue weighted by Crippen LogP contribution is 2.54. The molecule has 0 aliphatic carbocycles. The second-order valence-electron chi connectivity index (χ2n) is 8.47. The van der Waals surface area contributed by atoms with Gasteiger partial charge in [-0.2, -0.15) is 0 Å². The molecular formula is C24H24N2O5. The van der Waals surface area contributed by atoms with Gasteiger partial charge in [-0.25, -0.2) is 4.79 Å². The Balaban J connectivity index is 1.81. The summed E-state index contributed by atoms with van der Waals surface area (Å²) >= 11 is 0. The molecule has 2 aliphatic rings.